The van der Waals surface area contributed by atoms with Crippen molar-refractivity contribution in [2.24, 2.45) is 0 Å². The molecule has 1 heterocycles. The van der Waals surface area contributed by atoms with Gasteiger partial charge in [-0.1, -0.05) is 5.57 Å². The summed E-state index contributed by atoms with van der Waals surface area (Å²) in [6.45, 7) is 5.57. The fourth-order valence-electron chi connectivity index (χ4n) is 2.06. The summed E-state index contributed by atoms with van der Waals surface area (Å²) in [5.74, 6) is 0. The van der Waals surface area contributed by atoms with Crippen LogP contribution in [0.3, 0.4) is 0 Å². The van der Waals surface area contributed by atoms with Crippen LogP contribution in [0.5, 0.6) is 0 Å². The minimum Gasteiger partial charge on any atom is -0.258 e. The molecule has 2 aromatic rings. The number of hydrogen-bond acceptors (Lipinski definition) is 5. The Balaban J connectivity index is 2.70. The van der Waals surface area contributed by atoms with Crippen LogP contribution in [0, 0.1) is 27.2 Å². The summed E-state index contributed by atoms with van der Waals surface area (Å²) in [6, 6.07) is 5.30. The second-order valence-corrected chi connectivity index (χ2v) is 5.03. The second kappa shape index (κ2) is 5.76. The number of nitrogens with zero attached hydrogens (tertiary/aromatic N) is 4. The number of hydrogen-bond donors (Lipinski definition) is 0. The third-order valence-corrected chi connectivity index (χ3v) is 2.89. The number of nitro groups is 2. The van der Waals surface area contributed by atoms with E-state index < -0.39 is 9.85 Å². The Labute approximate surface area is 126 Å². The molecule has 0 amide bonds. The first-order valence-electron chi connectivity index (χ1n) is 6.44. The predicted molar refractivity (Wildman–Crippen MR) is 80.9 cm³/mol. The fraction of sp³-hybridized carbons (Fsp3) is 0.214. The minimum absolute atomic E-state index is 0.191. The van der Waals surface area contributed by atoms with Crippen LogP contribution < -0.4 is 0 Å². The van der Waals surface area contributed by atoms with Gasteiger partial charge in [0.25, 0.3) is 5.69 Å². The first-order chi connectivity index (χ1) is 10.3. The van der Waals surface area contributed by atoms with Gasteiger partial charge in [0.1, 0.15) is 5.69 Å². The van der Waals surface area contributed by atoms with Gasteiger partial charge in [0, 0.05) is 6.07 Å². The molecule has 8 nitrogen and oxygen atoms in total. The average Bonchev–Trinajstić information content (AvgIpc) is 2.77. The van der Waals surface area contributed by atoms with E-state index in [1.54, 1.807) is 13.0 Å². The highest BCUT2D eigenvalue weighted by atomic mass is 16.6. The van der Waals surface area contributed by atoms with Crippen LogP contribution in [0.15, 0.2) is 29.8 Å². The Bertz CT molecular complexity index is 788. The molecule has 1 aromatic heterocycles. The van der Waals surface area contributed by atoms with Crippen molar-refractivity contribution < 1.29 is 9.85 Å². The van der Waals surface area contributed by atoms with Crippen LogP contribution in [-0.4, -0.2) is 19.6 Å². The summed E-state index contributed by atoms with van der Waals surface area (Å²) in [5.41, 5.74) is 1.88. The molecule has 0 fully saturated rings. The highest BCUT2D eigenvalue weighted by Gasteiger charge is 2.22. The molecule has 0 saturated heterocycles. The van der Waals surface area contributed by atoms with Crippen molar-refractivity contribution in [1.82, 2.24) is 9.78 Å². The highest BCUT2D eigenvalue weighted by molar-refractivity contribution is 5.61. The van der Waals surface area contributed by atoms with Gasteiger partial charge in [-0.3, -0.25) is 20.2 Å². The summed E-state index contributed by atoms with van der Waals surface area (Å²) < 4.78 is 1.42. The quantitative estimate of drug-likeness (QED) is 0.635. The number of nitro benzene ring substituents is 2. The van der Waals surface area contributed by atoms with Gasteiger partial charge in [0.15, 0.2) is 0 Å². The van der Waals surface area contributed by atoms with Gasteiger partial charge in [-0.05, 0) is 39.0 Å². The van der Waals surface area contributed by atoms with Gasteiger partial charge in [-0.25, -0.2) is 4.68 Å². The van der Waals surface area contributed by atoms with Crippen LogP contribution in [0.4, 0.5) is 11.4 Å². The van der Waals surface area contributed by atoms with Crippen LogP contribution in [-0.2, 0) is 0 Å². The van der Waals surface area contributed by atoms with E-state index in [9.17, 15) is 20.2 Å². The molecule has 0 spiro atoms. The molecule has 114 valence electrons. The summed E-state index contributed by atoms with van der Waals surface area (Å²) in [7, 11) is 0. The SMILES string of the molecule is CC(C)=Cc1cc(C)nn1-c1ccc([N+](=O)[O-])cc1[N+](=O)[O-]. The molecule has 0 N–H and O–H groups in total. The fourth-order valence-corrected chi connectivity index (χ4v) is 2.06. The van der Waals surface area contributed by atoms with Crippen LogP contribution in [0.2, 0.25) is 0 Å². The maximum Gasteiger partial charge on any atom is 0.301 e. The van der Waals surface area contributed by atoms with E-state index in [0.717, 1.165) is 11.6 Å². The molecule has 2 rings (SSSR count). The van der Waals surface area contributed by atoms with Crippen LogP contribution in [0.25, 0.3) is 11.8 Å². The molecule has 8 heteroatoms. The number of benzene rings is 1. The maximum absolute atomic E-state index is 11.2. The van der Waals surface area contributed by atoms with Crippen molar-refractivity contribution in [3.8, 4) is 5.69 Å². The Hall–Kier alpha value is -3.03. The molecular formula is C14H14N4O4. The topological polar surface area (TPSA) is 104 Å². The lowest BCUT2D eigenvalue weighted by Crippen LogP contribution is -2.04. The lowest BCUT2D eigenvalue weighted by atomic mass is 10.2. The van der Waals surface area contributed by atoms with E-state index in [0.29, 0.717) is 11.4 Å². The smallest absolute Gasteiger partial charge is 0.258 e. The Morgan fingerprint density at radius 3 is 2.41 bits per heavy atom. The number of rotatable bonds is 4. The molecule has 0 bridgehead atoms. The molecule has 0 aliphatic rings. The molecule has 0 unspecified atom stereocenters. The predicted octanol–water partition coefficient (Wildman–Crippen LogP) is 3.42. The molecule has 0 aliphatic heterocycles. The number of allylic oxidation sites excluding steroid dienone is 1. The van der Waals surface area contributed by atoms with Crippen molar-refractivity contribution in [1.29, 1.82) is 0 Å². The zero-order valence-electron chi connectivity index (χ0n) is 12.3. The standard InChI is InChI=1S/C14H14N4O4/c1-9(2)6-12-7-10(3)15-16(12)13-5-4-11(17(19)20)8-14(13)18(21)22/h4-8H,1-3H3. The third kappa shape index (κ3) is 3.00. The Morgan fingerprint density at radius 2 is 1.86 bits per heavy atom. The van der Waals surface area contributed by atoms with E-state index in [1.165, 1.54) is 16.8 Å². The van der Waals surface area contributed by atoms with E-state index >= 15 is 0 Å². The average molecular weight is 302 g/mol. The van der Waals surface area contributed by atoms with Crippen molar-refractivity contribution >= 4 is 17.5 Å². The van der Waals surface area contributed by atoms with Crippen LogP contribution >= 0.6 is 0 Å². The Kier molecular flexibility index (Phi) is 4.02. The maximum atomic E-state index is 11.2. The largest absolute Gasteiger partial charge is 0.301 e. The van der Waals surface area contributed by atoms with Gasteiger partial charge >= 0.3 is 5.69 Å². The summed E-state index contributed by atoms with van der Waals surface area (Å²) in [6.07, 6.45) is 1.84. The van der Waals surface area contributed by atoms with Crippen molar-refractivity contribution in [2.45, 2.75) is 20.8 Å². The zero-order chi connectivity index (χ0) is 16.4. The van der Waals surface area contributed by atoms with Gasteiger partial charge in [-0.2, -0.15) is 5.10 Å². The third-order valence-electron chi connectivity index (χ3n) is 2.89. The minimum atomic E-state index is -0.665. The van der Waals surface area contributed by atoms with Crippen LogP contribution in [0.1, 0.15) is 25.2 Å². The lowest BCUT2D eigenvalue weighted by molar-refractivity contribution is -0.394. The van der Waals surface area contributed by atoms with E-state index in [1.807, 2.05) is 19.9 Å². The van der Waals surface area contributed by atoms with Crippen molar-refractivity contribution in [2.75, 3.05) is 0 Å². The summed E-state index contributed by atoms with van der Waals surface area (Å²) in [4.78, 5) is 20.7. The van der Waals surface area contributed by atoms with Gasteiger partial charge < -0.3 is 0 Å². The lowest BCUT2D eigenvalue weighted by Gasteiger charge is -2.06. The Morgan fingerprint density at radius 1 is 1.18 bits per heavy atom. The van der Waals surface area contributed by atoms with Gasteiger partial charge in [0.05, 0.1) is 27.3 Å². The molecule has 0 radical (unpaired) electrons. The van der Waals surface area contributed by atoms with E-state index in [2.05, 4.69) is 5.10 Å². The van der Waals surface area contributed by atoms with Gasteiger partial charge in [-0.15, -0.1) is 0 Å². The molecule has 0 aliphatic carbocycles. The van der Waals surface area contributed by atoms with E-state index in [-0.39, 0.29) is 17.1 Å². The monoisotopic (exact) mass is 302 g/mol. The molecule has 22 heavy (non-hydrogen) atoms. The summed E-state index contributed by atoms with van der Waals surface area (Å²) >= 11 is 0. The number of non-ortho nitro benzene ring substituents is 1. The number of aromatic nitrogens is 2. The molecule has 0 saturated carbocycles. The first-order valence-corrected chi connectivity index (χ1v) is 6.44. The molecule has 0 atom stereocenters. The zero-order valence-corrected chi connectivity index (χ0v) is 12.3. The van der Waals surface area contributed by atoms with E-state index in [4.69, 9.17) is 0 Å². The molecular weight excluding hydrogens is 288 g/mol. The van der Waals surface area contributed by atoms with Crippen molar-refractivity contribution in [3.05, 3.63) is 61.5 Å². The number of aryl methyl sites for hydroxylation is 1. The molecule has 1 aromatic carbocycles. The highest BCUT2D eigenvalue weighted by Crippen LogP contribution is 2.29. The van der Waals surface area contributed by atoms with Crippen molar-refractivity contribution in [3.63, 3.8) is 0 Å². The second-order valence-electron chi connectivity index (χ2n) is 5.03. The summed E-state index contributed by atoms with van der Waals surface area (Å²) in [5, 5.41) is 26.3. The van der Waals surface area contributed by atoms with Gasteiger partial charge in [0.2, 0.25) is 0 Å². The first kappa shape index (κ1) is 15.4. The normalized spacial score (nSPS) is 10.3.